The minimum atomic E-state index is -0.0959. The molecule has 5 nitrogen and oxygen atoms in total. The molecular weight excluding hydrogens is 298 g/mol. The highest BCUT2D eigenvalue weighted by molar-refractivity contribution is 7.99. The number of rotatable bonds is 5. The Hall–Kier alpha value is -2.52. The van der Waals surface area contributed by atoms with Crippen molar-refractivity contribution in [2.24, 2.45) is 0 Å². The zero-order chi connectivity index (χ0) is 15.4. The van der Waals surface area contributed by atoms with Crippen LogP contribution in [0.5, 0.6) is 0 Å². The van der Waals surface area contributed by atoms with Crippen molar-refractivity contribution in [1.82, 2.24) is 9.55 Å². The molecule has 3 rings (SSSR count). The molecule has 0 amide bonds. The number of nitriles is 1. The fraction of sp³-hybridized carbons (Fsp3) is 0.188. The maximum Gasteiger partial charge on any atom is 0.262 e. The molecule has 0 aliphatic rings. The van der Waals surface area contributed by atoms with E-state index >= 15 is 0 Å². The van der Waals surface area contributed by atoms with Crippen molar-refractivity contribution in [3.63, 3.8) is 0 Å². The molecule has 22 heavy (non-hydrogen) atoms. The van der Waals surface area contributed by atoms with E-state index in [-0.39, 0.29) is 5.56 Å². The standard InChI is InChI=1S/C16H13N3O2S/c17-8-4-10-22-16-18-14-7-2-1-6-13(14)15(20)19(16)11-12-5-3-9-21-12/h1-3,5-7,9H,4,10-11H2. The highest BCUT2D eigenvalue weighted by atomic mass is 32.2. The number of fused-ring (bicyclic) bond motifs is 1. The van der Waals surface area contributed by atoms with Gasteiger partial charge in [0, 0.05) is 12.2 Å². The van der Waals surface area contributed by atoms with E-state index in [0.29, 0.717) is 40.5 Å². The van der Waals surface area contributed by atoms with Crippen LogP contribution in [0.25, 0.3) is 10.9 Å². The second-order valence-electron chi connectivity index (χ2n) is 4.64. The van der Waals surface area contributed by atoms with Gasteiger partial charge in [0.25, 0.3) is 5.56 Å². The molecular formula is C16H13N3O2S. The van der Waals surface area contributed by atoms with Crippen molar-refractivity contribution in [3.05, 3.63) is 58.8 Å². The summed E-state index contributed by atoms with van der Waals surface area (Å²) < 4.78 is 6.94. The second-order valence-corrected chi connectivity index (χ2v) is 5.70. The Morgan fingerprint density at radius 3 is 2.91 bits per heavy atom. The molecule has 0 unspecified atom stereocenters. The van der Waals surface area contributed by atoms with Gasteiger partial charge in [0.05, 0.1) is 29.8 Å². The van der Waals surface area contributed by atoms with Crippen LogP contribution < -0.4 is 5.56 Å². The number of furan rings is 1. The van der Waals surface area contributed by atoms with Gasteiger partial charge in [-0.3, -0.25) is 9.36 Å². The lowest BCUT2D eigenvalue weighted by Crippen LogP contribution is -2.23. The molecule has 3 aromatic rings. The Balaban J connectivity index is 2.08. The summed E-state index contributed by atoms with van der Waals surface area (Å²) in [4.78, 5) is 17.3. The monoisotopic (exact) mass is 311 g/mol. The summed E-state index contributed by atoms with van der Waals surface area (Å²) in [7, 11) is 0. The summed E-state index contributed by atoms with van der Waals surface area (Å²) in [5, 5.41) is 9.87. The Morgan fingerprint density at radius 2 is 2.14 bits per heavy atom. The molecule has 0 bridgehead atoms. The predicted molar refractivity (Wildman–Crippen MR) is 84.8 cm³/mol. The number of hydrogen-bond donors (Lipinski definition) is 0. The average Bonchev–Trinajstić information content (AvgIpc) is 3.04. The van der Waals surface area contributed by atoms with Crippen molar-refractivity contribution >= 4 is 22.7 Å². The Morgan fingerprint density at radius 1 is 1.27 bits per heavy atom. The van der Waals surface area contributed by atoms with Crippen molar-refractivity contribution in [2.75, 3.05) is 5.75 Å². The van der Waals surface area contributed by atoms with E-state index in [9.17, 15) is 4.79 Å². The van der Waals surface area contributed by atoms with Crippen LogP contribution in [0.2, 0.25) is 0 Å². The van der Waals surface area contributed by atoms with Gasteiger partial charge >= 0.3 is 0 Å². The number of nitrogens with zero attached hydrogens (tertiary/aromatic N) is 3. The zero-order valence-electron chi connectivity index (χ0n) is 11.7. The van der Waals surface area contributed by atoms with Gasteiger partial charge in [-0.1, -0.05) is 23.9 Å². The maximum absolute atomic E-state index is 12.7. The molecule has 0 saturated heterocycles. The van der Waals surface area contributed by atoms with Crippen molar-refractivity contribution < 1.29 is 4.42 Å². The first-order chi connectivity index (χ1) is 10.8. The van der Waals surface area contributed by atoms with Gasteiger partial charge in [-0.05, 0) is 24.3 Å². The quantitative estimate of drug-likeness (QED) is 0.411. The minimum Gasteiger partial charge on any atom is -0.467 e. The lowest BCUT2D eigenvalue weighted by molar-refractivity contribution is 0.476. The SMILES string of the molecule is N#CCCSc1nc2ccccc2c(=O)n1Cc1ccco1. The highest BCUT2D eigenvalue weighted by Gasteiger charge is 2.12. The summed E-state index contributed by atoms with van der Waals surface area (Å²) in [5.41, 5.74) is 0.573. The van der Waals surface area contributed by atoms with Crippen LogP contribution in [-0.2, 0) is 6.54 Å². The topological polar surface area (TPSA) is 71.8 Å². The summed E-state index contributed by atoms with van der Waals surface area (Å²) >= 11 is 1.41. The first-order valence-electron chi connectivity index (χ1n) is 6.81. The van der Waals surface area contributed by atoms with Crippen molar-refractivity contribution in [2.45, 2.75) is 18.1 Å². The molecule has 0 atom stereocenters. The first-order valence-corrected chi connectivity index (χ1v) is 7.80. The molecule has 110 valence electrons. The molecule has 0 spiro atoms. The maximum atomic E-state index is 12.7. The van der Waals surface area contributed by atoms with Crippen LogP contribution in [0.15, 0.2) is 57.0 Å². The predicted octanol–water partition coefficient (Wildman–Crippen LogP) is 3.04. The average molecular weight is 311 g/mol. The van der Waals surface area contributed by atoms with E-state index in [1.165, 1.54) is 11.8 Å². The van der Waals surface area contributed by atoms with Gasteiger partial charge in [0.2, 0.25) is 0 Å². The fourth-order valence-electron chi connectivity index (χ4n) is 2.14. The number of hydrogen-bond acceptors (Lipinski definition) is 5. The molecule has 0 aliphatic carbocycles. The summed E-state index contributed by atoms with van der Waals surface area (Å²) in [5.74, 6) is 1.29. The van der Waals surface area contributed by atoms with Crippen LogP contribution in [0.3, 0.4) is 0 Å². The molecule has 0 aliphatic heterocycles. The summed E-state index contributed by atoms with van der Waals surface area (Å²) in [6, 6.07) is 13.0. The third-order valence-corrected chi connectivity index (χ3v) is 4.14. The van der Waals surface area contributed by atoms with Crippen LogP contribution in [-0.4, -0.2) is 15.3 Å². The third-order valence-electron chi connectivity index (χ3n) is 3.17. The van der Waals surface area contributed by atoms with Gasteiger partial charge in [0.1, 0.15) is 5.76 Å². The van der Waals surface area contributed by atoms with Gasteiger partial charge in [-0.2, -0.15) is 5.26 Å². The molecule has 0 radical (unpaired) electrons. The number of para-hydroxylation sites is 1. The molecule has 0 N–H and O–H groups in total. The van der Waals surface area contributed by atoms with Crippen LogP contribution >= 0.6 is 11.8 Å². The Labute approximate surface area is 131 Å². The van der Waals surface area contributed by atoms with Gasteiger partial charge in [0.15, 0.2) is 5.16 Å². The Kier molecular flexibility index (Phi) is 4.26. The summed E-state index contributed by atoms with van der Waals surface area (Å²) in [6.07, 6.45) is 1.99. The van der Waals surface area contributed by atoms with E-state index in [1.54, 1.807) is 23.0 Å². The van der Waals surface area contributed by atoms with Gasteiger partial charge in [-0.15, -0.1) is 0 Å². The van der Waals surface area contributed by atoms with E-state index < -0.39 is 0 Å². The fourth-order valence-corrected chi connectivity index (χ4v) is 2.99. The molecule has 0 fully saturated rings. The van der Waals surface area contributed by atoms with E-state index in [4.69, 9.17) is 9.68 Å². The highest BCUT2D eigenvalue weighted by Crippen LogP contribution is 2.19. The van der Waals surface area contributed by atoms with Crippen LogP contribution in [0, 0.1) is 11.3 Å². The van der Waals surface area contributed by atoms with Gasteiger partial charge in [-0.25, -0.2) is 4.98 Å². The van der Waals surface area contributed by atoms with E-state index in [1.807, 2.05) is 24.3 Å². The largest absolute Gasteiger partial charge is 0.467 e. The molecule has 6 heteroatoms. The molecule has 1 aromatic carbocycles. The molecule has 0 saturated carbocycles. The summed E-state index contributed by atoms with van der Waals surface area (Å²) in [6.45, 7) is 0.332. The van der Waals surface area contributed by atoms with Crippen molar-refractivity contribution in [1.29, 1.82) is 5.26 Å². The van der Waals surface area contributed by atoms with Crippen LogP contribution in [0.1, 0.15) is 12.2 Å². The molecule has 2 aromatic heterocycles. The van der Waals surface area contributed by atoms with Crippen LogP contribution in [0.4, 0.5) is 0 Å². The number of aromatic nitrogens is 2. The Bertz CT molecular complexity index is 879. The van der Waals surface area contributed by atoms with E-state index in [2.05, 4.69) is 11.1 Å². The zero-order valence-corrected chi connectivity index (χ0v) is 12.5. The lowest BCUT2D eigenvalue weighted by atomic mass is 10.2. The van der Waals surface area contributed by atoms with E-state index in [0.717, 1.165) is 0 Å². The first kappa shape index (κ1) is 14.4. The third kappa shape index (κ3) is 2.90. The lowest BCUT2D eigenvalue weighted by Gasteiger charge is -2.11. The molecule has 2 heterocycles. The normalized spacial score (nSPS) is 10.7. The minimum absolute atomic E-state index is 0.0959. The van der Waals surface area contributed by atoms with Crippen molar-refractivity contribution in [3.8, 4) is 6.07 Å². The van der Waals surface area contributed by atoms with Gasteiger partial charge < -0.3 is 4.42 Å². The second kappa shape index (κ2) is 6.50. The smallest absolute Gasteiger partial charge is 0.262 e. The number of thioether (sulfide) groups is 1. The number of benzene rings is 1.